The van der Waals surface area contributed by atoms with Crippen LogP contribution in [-0.4, -0.2) is 22.9 Å². The highest BCUT2D eigenvalue weighted by molar-refractivity contribution is 4.70. The molecule has 0 rings (SSSR count). The summed E-state index contributed by atoms with van der Waals surface area (Å²) >= 11 is 0. The van der Waals surface area contributed by atoms with Gasteiger partial charge >= 0.3 is 0 Å². The van der Waals surface area contributed by atoms with Crippen molar-refractivity contribution in [2.75, 3.05) is 6.61 Å². The zero-order chi connectivity index (χ0) is 8.85. The SMILES string of the molecule is CCC[C@@H](O)[C@@H](CO)C(C)C. The highest BCUT2D eigenvalue weighted by Crippen LogP contribution is 2.17. The largest absolute Gasteiger partial charge is 0.396 e. The summed E-state index contributed by atoms with van der Waals surface area (Å²) in [4.78, 5) is 0. The Morgan fingerprint density at radius 2 is 1.82 bits per heavy atom. The normalized spacial score (nSPS) is 16.9. The molecule has 2 nitrogen and oxygen atoms in total. The van der Waals surface area contributed by atoms with Gasteiger partial charge in [-0.05, 0) is 12.3 Å². The van der Waals surface area contributed by atoms with Crippen LogP contribution < -0.4 is 0 Å². The van der Waals surface area contributed by atoms with Crippen molar-refractivity contribution in [3.8, 4) is 0 Å². The Hall–Kier alpha value is -0.0800. The van der Waals surface area contributed by atoms with Crippen molar-refractivity contribution in [1.29, 1.82) is 0 Å². The predicted octanol–water partition coefficient (Wildman–Crippen LogP) is 1.41. The van der Waals surface area contributed by atoms with Crippen molar-refractivity contribution in [2.45, 2.75) is 39.7 Å². The van der Waals surface area contributed by atoms with E-state index in [4.69, 9.17) is 5.11 Å². The van der Waals surface area contributed by atoms with Crippen LogP contribution in [0.2, 0.25) is 0 Å². The van der Waals surface area contributed by atoms with E-state index in [-0.39, 0.29) is 18.6 Å². The van der Waals surface area contributed by atoms with Gasteiger partial charge in [-0.1, -0.05) is 27.2 Å². The number of hydrogen-bond acceptors (Lipinski definition) is 2. The molecule has 0 saturated carbocycles. The third-order valence-electron chi connectivity index (χ3n) is 2.15. The summed E-state index contributed by atoms with van der Waals surface area (Å²) < 4.78 is 0. The van der Waals surface area contributed by atoms with Gasteiger partial charge in [-0.3, -0.25) is 0 Å². The topological polar surface area (TPSA) is 40.5 Å². The molecule has 2 heteroatoms. The fourth-order valence-corrected chi connectivity index (χ4v) is 1.29. The standard InChI is InChI=1S/C9H20O2/c1-4-5-9(11)8(6-10)7(2)3/h7-11H,4-6H2,1-3H3/t8-,9+/m0/s1. The van der Waals surface area contributed by atoms with E-state index in [0.29, 0.717) is 5.92 Å². The molecule has 0 fully saturated rings. The van der Waals surface area contributed by atoms with Crippen LogP contribution in [0.4, 0.5) is 0 Å². The average Bonchev–Trinajstić information content (AvgIpc) is 1.88. The maximum absolute atomic E-state index is 9.52. The highest BCUT2D eigenvalue weighted by Gasteiger charge is 2.20. The van der Waals surface area contributed by atoms with Crippen LogP contribution in [0, 0.1) is 11.8 Å². The molecule has 0 saturated heterocycles. The van der Waals surface area contributed by atoms with Gasteiger partial charge in [0.25, 0.3) is 0 Å². The Kier molecular flexibility index (Phi) is 5.51. The number of rotatable bonds is 5. The Labute approximate surface area is 69.2 Å². The lowest BCUT2D eigenvalue weighted by molar-refractivity contribution is 0.0357. The minimum atomic E-state index is -0.329. The van der Waals surface area contributed by atoms with Gasteiger partial charge in [0.2, 0.25) is 0 Å². The predicted molar refractivity (Wildman–Crippen MR) is 46.3 cm³/mol. The van der Waals surface area contributed by atoms with E-state index in [1.54, 1.807) is 0 Å². The zero-order valence-corrected chi connectivity index (χ0v) is 7.75. The fourth-order valence-electron chi connectivity index (χ4n) is 1.29. The summed E-state index contributed by atoms with van der Waals surface area (Å²) in [6.07, 6.45) is 1.44. The summed E-state index contributed by atoms with van der Waals surface area (Å²) in [7, 11) is 0. The summed E-state index contributed by atoms with van der Waals surface area (Å²) in [6.45, 7) is 6.19. The third-order valence-corrected chi connectivity index (χ3v) is 2.15. The minimum absolute atomic E-state index is 0.0509. The zero-order valence-electron chi connectivity index (χ0n) is 7.75. The molecule has 2 atom stereocenters. The van der Waals surface area contributed by atoms with E-state index < -0.39 is 0 Å². The minimum Gasteiger partial charge on any atom is -0.396 e. The molecule has 0 aromatic carbocycles. The second-order valence-corrected chi connectivity index (χ2v) is 3.45. The van der Waals surface area contributed by atoms with E-state index >= 15 is 0 Å². The number of hydrogen-bond donors (Lipinski definition) is 2. The number of aliphatic hydroxyl groups is 2. The maximum Gasteiger partial charge on any atom is 0.0592 e. The highest BCUT2D eigenvalue weighted by atomic mass is 16.3. The molecule has 0 spiro atoms. The van der Waals surface area contributed by atoms with Crippen molar-refractivity contribution in [1.82, 2.24) is 0 Å². The molecule has 0 heterocycles. The number of aliphatic hydroxyl groups excluding tert-OH is 2. The van der Waals surface area contributed by atoms with Crippen LogP contribution >= 0.6 is 0 Å². The van der Waals surface area contributed by atoms with Crippen LogP contribution in [0.1, 0.15) is 33.6 Å². The first-order chi connectivity index (χ1) is 5.13. The summed E-state index contributed by atoms with van der Waals surface area (Å²) in [5.74, 6) is 0.413. The molecule has 0 aliphatic heterocycles. The molecule has 0 radical (unpaired) electrons. The van der Waals surface area contributed by atoms with Crippen molar-refractivity contribution in [2.24, 2.45) is 11.8 Å². The van der Waals surface area contributed by atoms with Gasteiger partial charge in [-0.2, -0.15) is 0 Å². The molecule has 11 heavy (non-hydrogen) atoms. The van der Waals surface area contributed by atoms with E-state index in [0.717, 1.165) is 12.8 Å². The second kappa shape index (κ2) is 5.56. The second-order valence-electron chi connectivity index (χ2n) is 3.45. The van der Waals surface area contributed by atoms with E-state index in [9.17, 15) is 5.11 Å². The van der Waals surface area contributed by atoms with Gasteiger partial charge in [0.05, 0.1) is 6.10 Å². The van der Waals surface area contributed by atoms with Crippen LogP contribution in [0.5, 0.6) is 0 Å². The van der Waals surface area contributed by atoms with Crippen LogP contribution in [0.15, 0.2) is 0 Å². The lowest BCUT2D eigenvalue weighted by Gasteiger charge is -2.23. The van der Waals surface area contributed by atoms with Gasteiger partial charge in [0.15, 0.2) is 0 Å². The first kappa shape index (κ1) is 10.9. The molecule has 0 amide bonds. The van der Waals surface area contributed by atoms with E-state index in [1.807, 2.05) is 20.8 Å². The van der Waals surface area contributed by atoms with Crippen LogP contribution in [0.25, 0.3) is 0 Å². The van der Waals surface area contributed by atoms with E-state index in [2.05, 4.69) is 0 Å². The Balaban J connectivity index is 3.81. The molecule has 0 aromatic rings. The quantitative estimate of drug-likeness (QED) is 0.638. The van der Waals surface area contributed by atoms with Gasteiger partial charge in [0, 0.05) is 12.5 Å². The van der Waals surface area contributed by atoms with Crippen LogP contribution in [0.3, 0.4) is 0 Å². The van der Waals surface area contributed by atoms with Crippen molar-refractivity contribution in [3.63, 3.8) is 0 Å². The van der Waals surface area contributed by atoms with Gasteiger partial charge in [-0.25, -0.2) is 0 Å². The Bertz CT molecular complexity index is 91.6. The molecule has 0 bridgehead atoms. The van der Waals surface area contributed by atoms with Gasteiger partial charge in [-0.15, -0.1) is 0 Å². The molecular weight excluding hydrogens is 140 g/mol. The van der Waals surface area contributed by atoms with Crippen molar-refractivity contribution >= 4 is 0 Å². The molecular formula is C9H20O2. The first-order valence-electron chi connectivity index (χ1n) is 4.42. The molecule has 0 unspecified atom stereocenters. The third kappa shape index (κ3) is 3.73. The maximum atomic E-state index is 9.52. The fraction of sp³-hybridized carbons (Fsp3) is 1.00. The van der Waals surface area contributed by atoms with Crippen LogP contribution in [-0.2, 0) is 0 Å². The molecule has 0 aliphatic rings. The van der Waals surface area contributed by atoms with Gasteiger partial charge in [0.1, 0.15) is 0 Å². The molecule has 0 aliphatic carbocycles. The average molecular weight is 160 g/mol. The smallest absolute Gasteiger partial charge is 0.0592 e. The Morgan fingerprint density at radius 1 is 1.27 bits per heavy atom. The monoisotopic (exact) mass is 160 g/mol. The summed E-state index contributed by atoms with van der Waals surface area (Å²) in [5.41, 5.74) is 0. The molecule has 2 N–H and O–H groups in total. The van der Waals surface area contributed by atoms with Crippen molar-refractivity contribution in [3.05, 3.63) is 0 Å². The lowest BCUT2D eigenvalue weighted by atomic mass is 9.89. The summed E-state index contributed by atoms with van der Waals surface area (Å²) in [5, 5.41) is 18.5. The summed E-state index contributed by atoms with van der Waals surface area (Å²) in [6, 6.07) is 0. The molecule has 68 valence electrons. The Morgan fingerprint density at radius 3 is 2.09 bits per heavy atom. The van der Waals surface area contributed by atoms with E-state index in [1.165, 1.54) is 0 Å². The first-order valence-corrected chi connectivity index (χ1v) is 4.42. The molecule has 0 aromatic heterocycles. The van der Waals surface area contributed by atoms with Gasteiger partial charge < -0.3 is 10.2 Å². The van der Waals surface area contributed by atoms with Crippen molar-refractivity contribution < 1.29 is 10.2 Å². The lowest BCUT2D eigenvalue weighted by Crippen LogP contribution is -2.28.